The molecule has 1 aromatic rings. The molecule has 1 unspecified atom stereocenters. The van der Waals surface area contributed by atoms with Gasteiger partial charge in [-0.15, -0.1) is 0 Å². The topological polar surface area (TPSA) is 41.1 Å². The first-order valence-corrected chi connectivity index (χ1v) is 6.06. The van der Waals surface area contributed by atoms with Crippen molar-refractivity contribution in [2.45, 2.75) is 26.2 Å². The normalized spacial score (nSPS) is 19.4. The van der Waals surface area contributed by atoms with Crippen LogP contribution < -0.4 is 10.9 Å². The highest BCUT2D eigenvalue weighted by Gasteiger charge is 2.10. The minimum atomic E-state index is -0.0925. The van der Waals surface area contributed by atoms with Crippen molar-refractivity contribution in [2.24, 2.45) is 5.92 Å². The third kappa shape index (κ3) is 3.34. The minimum Gasteiger partial charge on any atom is -0.303 e. The summed E-state index contributed by atoms with van der Waals surface area (Å²) >= 11 is 0. The summed E-state index contributed by atoms with van der Waals surface area (Å²) in [7, 11) is 0. The summed E-state index contributed by atoms with van der Waals surface area (Å²) in [6, 6.07) is 9.21. The van der Waals surface area contributed by atoms with Gasteiger partial charge in [0.05, 0.1) is 0 Å². The molecule has 0 radical (unpaired) electrons. The van der Waals surface area contributed by atoms with Crippen molar-refractivity contribution in [1.82, 2.24) is 10.9 Å². The predicted octanol–water partition coefficient (Wildman–Crippen LogP) is 2.62. The summed E-state index contributed by atoms with van der Waals surface area (Å²) in [5, 5.41) is 0. The molecule has 2 rings (SSSR count). The lowest BCUT2D eigenvalue weighted by atomic mass is 9.95. The standard InChI is InChI=1S/C14H18N2O/c1-11-7-9-13(10-8-11)15-16-14(17)12-5-3-2-4-6-12/h2-6,9,11,15H,7-8,10H2,1H3,(H,16,17). The first kappa shape index (κ1) is 11.7. The zero-order valence-electron chi connectivity index (χ0n) is 10.1. The molecule has 1 amide bonds. The van der Waals surface area contributed by atoms with Crippen LogP contribution in [0.25, 0.3) is 0 Å². The largest absolute Gasteiger partial charge is 0.303 e. The molecule has 2 N–H and O–H groups in total. The number of carbonyl (C=O) groups excluding carboxylic acids is 1. The van der Waals surface area contributed by atoms with Gasteiger partial charge in [0.25, 0.3) is 5.91 Å². The first-order valence-electron chi connectivity index (χ1n) is 6.06. The van der Waals surface area contributed by atoms with Gasteiger partial charge in [0, 0.05) is 11.3 Å². The van der Waals surface area contributed by atoms with Crippen LogP contribution in [0.15, 0.2) is 42.1 Å². The zero-order chi connectivity index (χ0) is 12.1. The number of hydrogen-bond donors (Lipinski definition) is 2. The Bertz CT molecular complexity index is 411. The van der Waals surface area contributed by atoms with Crippen LogP contribution in [0.2, 0.25) is 0 Å². The number of nitrogens with one attached hydrogen (secondary N) is 2. The van der Waals surface area contributed by atoms with E-state index in [9.17, 15) is 4.79 Å². The lowest BCUT2D eigenvalue weighted by Gasteiger charge is -2.19. The SMILES string of the molecule is CC1CC=C(NNC(=O)c2ccccc2)CC1. The number of hydrazine groups is 1. The average molecular weight is 230 g/mol. The summed E-state index contributed by atoms with van der Waals surface area (Å²) in [6.07, 6.45) is 5.44. The van der Waals surface area contributed by atoms with E-state index in [1.54, 1.807) is 12.1 Å². The van der Waals surface area contributed by atoms with Gasteiger partial charge in [0.2, 0.25) is 0 Å². The van der Waals surface area contributed by atoms with E-state index in [-0.39, 0.29) is 5.91 Å². The fourth-order valence-electron chi connectivity index (χ4n) is 1.88. The summed E-state index contributed by atoms with van der Waals surface area (Å²) in [6.45, 7) is 2.25. The van der Waals surface area contributed by atoms with E-state index in [2.05, 4.69) is 23.9 Å². The van der Waals surface area contributed by atoms with Gasteiger partial charge in [-0.25, -0.2) is 0 Å². The van der Waals surface area contributed by atoms with E-state index in [0.29, 0.717) is 5.56 Å². The summed E-state index contributed by atoms with van der Waals surface area (Å²) in [5.41, 5.74) is 7.52. The Labute approximate surface area is 102 Å². The van der Waals surface area contributed by atoms with E-state index >= 15 is 0 Å². The fraction of sp³-hybridized carbons (Fsp3) is 0.357. The number of hydrogen-bond acceptors (Lipinski definition) is 2. The molecule has 17 heavy (non-hydrogen) atoms. The molecule has 0 aromatic heterocycles. The molecule has 1 aromatic carbocycles. The molecular weight excluding hydrogens is 212 g/mol. The van der Waals surface area contributed by atoms with E-state index in [4.69, 9.17) is 0 Å². The highest BCUT2D eigenvalue weighted by molar-refractivity contribution is 5.93. The van der Waals surface area contributed by atoms with Gasteiger partial charge in [-0.05, 0) is 37.3 Å². The lowest BCUT2D eigenvalue weighted by molar-refractivity contribution is 0.0938. The van der Waals surface area contributed by atoms with Gasteiger partial charge < -0.3 is 5.43 Å². The van der Waals surface area contributed by atoms with E-state index in [0.717, 1.165) is 24.5 Å². The van der Waals surface area contributed by atoms with Crippen LogP contribution in [0.3, 0.4) is 0 Å². The van der Waals surface area contributed by atoms with Crippen molar-refractivity contribution in [3.8, 4) is 0 Å². The van der Waals surface area contributed by atoms with Gasteiger partial charge in [0.1, 0.15) is 0 Å². The van der Waals surface area contributed by atoms with Gasteiger partial charge in [-0.1, -0.05) is 31.2 Å². The van der Waals surface area contributed by atoms with E-state index < -0.39 is 0 Å². The second kappa shape index (κ2) is 5.53. The summed E-state index contributed by atoms with van der Waals surface area (Å²) in [4.78, 5) is 11.8. The van der Waals surface area contributed by atoms with Crippen LogP contribution in [0.1, 0.15) is 36.5 Å². The molecule has 1 aliphatic carbocycles. The van der Waals surface area contributed by atoms with Gasteiger partial charge in [-0.2, -0.15) is 0 Å². The molecule has 90 valence electrons. The van der Waals surface area contributed by atoms with Gasteiger partial charge in [-0.3, -0.25) is 10.2 Å². The minimum absolute atomic E-state index is 0.0925. The van der Waals surface area contributed by atoms with Crippen molar-refractivity contribution >= 4 is 5.91 Å². The van der Waals surface area contributed by atoms with Gasteiger partial charge in [0.15, 0.2) is 0 Å². The van der Waals surface area contributed by atoms with Crippen LogP contribution in [0.5, 0.6) is 0 Å². The Morgan fingerprint density at radius 1 is 1.29 bits per heavy atom. The molecule has 0 bridgehead atoms. The molecule has 0 fully saturated rings. The highest BCUT2D eigenvalue weighted by Crippen LogP contribution is 2.20. The highest BCUT2D eigenvalue weighted by atomic mass is 16.2. The molecule has 0 spiro atoms. The Balaban J connectivity index is 1.85. The van der Waals surface area contributed by atoms with Gasteiger partial charge >= 0.3 is 0 Å². The van der Waals surface area contributed by atoms with Crippen molar-refractivity contribution < 1.29 is 4.79 Å². The van der Waals surface area contributed by atoms with E-state index in [1.807, 2.05) is 18.2 Å². The second-order valence-corrected chi connectivity index (χ2v) is 4.55. The monoisotopic (exact) mass is 230 g/mol. The van der Waals surface area contributed by atoms with Crippen molar-refractivity contribution in [3.05, 3.63) is 47.7 Å². The number of rotatable bonds is 3. The molecule has 0 aliphatic heterocycles. The molecule has 0 heterocycles. The van der Waals surface area contributed by atoms with Crippen molar-refractivity contribution in [3.63, 3.8) is 0 Å². The smallest absolute Gasteiger partial charge is 0.269 e. The fourth-order valence-corrected chi connectivity index (χ4v) is 1.88. The van der Waals surface area contributed by atoms with Crippen molar-refractivity contribution in [2.75, 3.05) is 0 Å². The molecule has 1 aliphatic rings. The predicted molar refractivity (Wildman–Crippen MR) is 68.1 cm³/mol. The molecular formula is C14H18N2O. The molecule has 3 nitrogen and oxygen atoms in total. The summed E-state index contributed by atoms with van der Waals surface area (Å²) < 4.78 is 0. The van der Waals surface area contributed by atoms with Crippen LogP contribution in [0.4, 0.5) is 0 Å². The van der Waals surface area contributed by atoms with Crippen LogP contribution in [0, 0.1) is 5.92 Å². The third-order valence-corrected chi connectivity index (χ3v) is 3.05. The number of benzene rings is 1. The Hall–Kier alpha value is -1.77. The summed E-state index contributed by atoms with van der Waals surface area (Å²) in [5.74, 6) is 0.662. The van der Waals surface area contributed by atoms with Crippen LogP contribution in [-0.2, 0) is 0 Å². The molecule has 0 saturated carbocycles. The van der Waals surface area contributed by atoms with Crippen molar-refractivity contribution in [1.29, 1.82) is 0 Å². The number of amides is 1. The molecule has 1 atom stereocenters. The second-order valence-electron chi connectivity index (χ2n) is 4.55. The van der Waals surface area contributed by atoms with E-state index in [1.165, 1.54) is 6.42 Å². The quantitative estimate of drug-likeness (QED) is 0.784. The van der Waals surface area contributed by atoms with Crippen LogP contribution >= 0.6 is 0 Å². The Morgan fingerprint density at radius 2 is 2.06 bits per heavy atom. The Kier molecular flexibility index (Phi) is 3.81. The Morgan fingerprint density at radius 3 is 2.71 bits per heavy atom. The molecule has 3 heteroatoms. The molecule has 0 saturated heterocycles. The maximum absolute atomic E-state index is 11.8. The average Bonchev–Trinajstić information content (AvgIpc) is 2.39. The maximum Gasteiger partial charge on any atom is 0.269 e. The zero-order valence-corrected chi connectivity index (χ0v) is 10.1. The maximum atomic E-state index is 11.8. The third-order valence-electron chi connectivity index (χ3n) is 3.05. The lowest BCUT2D eigenvalue weighted by Crippen LogP contribution is -2.37. The number of allylic oxidation sites excluding steroid dienone is 2. The van der Waals surface area contributed by atoms with Crippen LogP contribution in [-0.4, -0.2) is 5.91 Å². The first-order chi connectivity index (χ1) is 8.25. The number of carbonyl (C=O) groups is 1.